The SMILES string of the molecule is CC(C)CC1(CNC2CCCC(S(C)(=O)=O)C2)CCCC1. The lowest BCUT2D eigenvalue weighted by atomic mass is 9.78. The van der Waals surface area contributed by atoms with E-state index in [1.54, 1.807) is 0 Å². The van der Waals surface area contributed by atoms with Gasteiger partial charge in [0.1, 0.15) is 9.84 Å². The Bertz CT molecular complexity index is 424. The van der Waals surface area contributed by atoms with Gasteiger partial charge in [-0.2, -0.15) is 0 Å². The molecule has 124 valence electrons. The lowest BCUT2D eigenvalue weighted by Gasteiger charge is -2.35. The van der Waals surface area contributed by atoms with E-state index in [-0.39, 0.29) is 5.25 Å². The molecular formula is C17H33NO2S. The van der Waals surface area contributed by atoms with Gasteiger partial charge in [0.2, 0.25) is 0 Å². The van der Waals surface area contributed by atoms with Crippen molar-refractivity contribution in [1.29, 1.82) is 0 Å². The zero-order valence-corrected chi connectivity index (χ0v) is 14.8. The standard InChI is InChI=1S/C17H33NO2S/c1-14(2)12-17(9-4-5-10-17)13-18-15-7-6-8-16(11-15)21(3,19)20/h14-16,18H,4-13H2,1-3H3. The van der Waals surface area contributed by atoms with Gasteiger partial charge < -0.3 is 5.32 Å². The average Bonchev–Trinajstić information content (AvgIpc) is 2.84. The molecule has 0 bridgehead atoms. The Morgan fingerprint density at radius 2 is 1.81 bits per heavy atom. The van der Waals surface area contributed by atoms with Crippen molar-refractivity contribution < 1.29 is 8.42 Å². The van der Waals surface area contributed by atoms with Crippen LogP contribution in [0.1, 0.15) is 71.6 Å². The highest BCUT2D eigenvalue weighted by Gasteiger charge is 2.36. The van der Waals surface area contributed by atoms with Crippen molar-refractivity contribution >= 4 is 9.84 Å². The molecule has 0 aromatic rings. The number of hydrogen-bond donors (Lipinski definition) is 1. The molecule has 0 heterocycles. The van der Waals surface area contributed by atoms with Gasteiger partial charge in [-0.1, -0.05) is 33.1 Å². The smallest absolute Gasteiger partial charge is 0.150 e. The summed E-state index contributed by atoms with van der Waals surface area (Å²) in [6, 6.07) is 0.406. The summed E-state index contributed by atoms with van der Waals surface area (Å²) >= 11 is 0. The molecular weight excluding hydrogens is 282 g/mol. The summed E-state index contributed by atoms with van der Waals surface area (Å²) in [7, 11) is -2.87. The summed E-state index contributed by atoms with van der Waals surface area (Å²) < 4.78 is 23.5. The molecule has 2 fully saturated rings. The summed E-state index contributed by atoms with van der Waals surface area (Å²) in [5.74, 6) is 0.750. The second-order valence-corrected chi connectivity index (χ2v) is 10.3. The predicted octanol–water partition coefficient (Wildman–Crippen LogP) is 3.54. The normalized spacial score (nSPS) is 29.9. The van der Waals surface area contributed by atoms with Gasteiger partial charge in [0.15, 0.2) is 0 Å². The molecule has 21 heavy (non-hydrogen) atoms. The Labute approximate surface area is 131 Å². The summed E-state index contributed by atoms with van der Waals surface area (Å²) in [5, 5.41) is 3.63. The highest BCUT2D eigenvalue weighted by Crippen LogP contribution is 2.43. The minimum absolute atomic E-state index is 0.117. The fraction of sp³-hybridized carbons (Fsp3) is 1.00. The number of hydrogen-bond acceptors (Lipinski definition) is 3. The molecule has 2 aliphatic rings. The van der Waals surface area contributed by atoms with E-state index in [1.165, 1.54) is 38.4 Å². The van der Waals surface area contributed by atoms with E-state index in [9.17, 15) is 8.42 Å². The molecule has 2 aliphatic carbocycles. The first-order chi connectivity index (χ1) is 9.81. The first kappa shape index (κ1) is 17.3. The Morgan fingerprint density at radius 1 is 1.14 bits per heavy atom. The van der Waals surface area contributed by atoms with Crippen LogP contribution in [0.4, 0.5) is 0 Å². The van der Waals surface area contributed by atoms with Gasteiger partial charge in [0, 0.05) is 18.8 Å². The number of sulfone groups is 1. The lowest BCUT2D eigenvalue weighted by Crippen LogP contribution is -2.43. The van der Waals surface area contributed by atoms with E-state index >= 15 is 0 Å². The maximum atomic E-state index is 11.8. The topological polar surface area (TPSA) is 46.2 Å². The molecule has 0 aliphatic heterocycles. The molecule has 4 heteroatoms. The summed E-state index contributed by atoms with van der Waals surface area (Å²) in [5.41, 5.74) is 0.478. The van der Waals surface area contributed by atoms with Gasteiger partial charge in [-0.3, -0.25) is 0 Å². The van der Waals surface area contributed by atoms with Crippen LogP contribution in [0.15, 0.2) is 0 Å². The van der Waals surface area contributed by atoms with Crippen molar-refractivity contribution in [1.82, 2.24) is 5.32 Å². The molecule has 1 N–H and O–H groups in total. The van der Waals surface area contributed by atoms with Crippen molar-refractivity contribution in [2.75, 3.05) is 12.8 Å². The van der Waals surface area contributed by atoms with Crippen LogP contribution >= 0.6 is 0 Å². The first-order valence-corrected chi connectivity index (χ1v) is 10.7. The summed E-state index contributed by atoms with van der Waals surface area (Å²) in [6.45, 7) is 5.73. The van der Waals surface area contributed by atoms with Crippen LogP contribution in [-0.2, 0) is 9.84 Å². The van der Waals surface area contributed by atoms with Gasteiger partial charge in [-0.05, 0) is 49.9 Å². The highest BCUT2D eigenvalue weighted by atomic mass is 32.2. The molecule has 0 amide bonds. The van der Waals surface area contributed by atoms with Crippen LogP contribution in [0.5, 0.6) is 0 Å². The third-order valence-electron chi connectivity index (χ3n) is 5.50. The molecule has 2 saturated carbocycles. The largest absolute Gasteiger partial charge is 0.313 e. The van der Waals surface area contributed by atoms with E-state index < -0.39 is 9.84 Å². The van der Waals surface area contributed by atoms with Crippen molar-refractivity contribution in [3.63, 3.8) is 0 Å². The van der Waals surface area contributed by atoms with Crippen LogP contribution in [0, 0.1) is 11.3 Å². The zero-order chi connectivity index (χ0) is 15.5. The lowest BCUT2D eigenvalue weighted by molar-refractivity contribution is 0.206. The Kier molecular flexibility index (Phi) is 5.75. The molecule has 0 radical (unpaired) electrons. The minimum Gasteiger partial charge on any atom is -0.313 e. The van der Waals surface area contributed by atoms with Gasteiger partial charge in [-0.25, -0.2) is 8.42 Å². The maximum absolute atomic E-state index is 11.8. The van der Waals surface area contributed by atoms with E-state index in [1.807, 2.05) is 0 Å². The second-order valence-electron chi connectivity index (χ2n) is 8.00. The van der Waals surface area contributed by atoms with Gasteiger partial charge in [-0.15, -0.1) is 0 Å². The zero-order valence-electron chi connectivity index (χ0n) is 14.0. The second kappa shape index (κ2) is 6.99. The van der Waals surface area contributed by atoms with Crippen molar-refractivity contribution in [2.24, 2.45) is 11.3 Å². The molecule has 2 rings (SSSR count). The van der Waals surface area contributed by atoms with E-state index in [0.29, 0.717) is 11.5 Å². The third kappa shape index (κ3) is 4.95. The molecule has 0 aromatic heterocycles. The molecule has 0 aromatic carbocycles. The molecule has 0 saturated heterocycles. The van der Waals surface area contributed by atoms with Crippen molar-refractivity contribution in [2.45, 2.75) is 82.9 Å². The third-order valence-corrected chi connectivity index (χ3v) is 7.14. The first-order valence-electron chi connectivity index (χ1n) is 8.73. The van der Waals surface area contributed by atoms with Crippen LogP contribution in [0.2, 0.25) is 0 Å². The molecule has 3 nitrogen and oxygen atoms in total. The van der Waals surface area contributed by atoms with Crippen molar-refractivity contribution in [3.8, 4) is 0 Å². The highest BCUT2D eigenvalue weighted by molar-refractivity contribution is 7.91. The van der Waals surface area contributed by atoms with Crippen LogP contribution in [-0.4, -0.2) is 32.5 Å². The van der Waals surface area contributed by atoms with Gasteiger partial charge >= 0.3 is 0 Å². The Hall–Kier alpha value is -0.0900. The molecule has 0 spiro atoms. The number of nitrogens with one attached hydrogen (secondary N) is 1. The summed E-state index contributed by atoms with van der Waals surface area (Å²) in [6.07, 6.45) is 12.0. The monoisotopic (exact) mass is 315 g/mol. The summed E-state index contributed by atoms with van der Waals surface area (Å²) in [4.78, 5) is 0. The number of rotatable bonds is 6. The van der Waals surface area contributed by atoms with Crippen LogP contribution in [0.3, 0.4) is 0 Å². The van der Waals surface area contributed by atoms with E-state index in [0.717, 1.165) is 38.1 Å². The quantitative estimate of drug-likeness (QED) is 0.815. The van der Waals surface area contributed by atoms with Crippen LogP contribution < -0.4 is 5.32 Å². The maximum Gasteiger partial charge on any atom is 0.150 e. The fourth-order valence-corrected chi connectivity index (χ4v) is 5.70. The predicted molar refractivity (Wildman–Crippen MR) is 89.2 cm³/mol. The van der Waals surface area contributed by atoms with Crippen LogP contribution in [0.25, 0.3) is 0 Å². The Balaban J connectivity index is 1.89. The molecule has 2 unspecified atom stereocenters. The van der Waals surface area contributed by atoms with Gasteiger partial charge in [0.05, 0.1) is 5.25 Å². The minimum atomic E-state index is -2.87. The van der Waals surface area contributed by atoms with Gasteiger partial charge in [0.25, 0.3) is 0 Å². The Morgan fingerprint density at radius 3 is 2.38 bits per heavy atom. The van der Waals surface area contributed by atoms with Crippen molar-refractivity contribution in [3.05, 3.63) is 0 Å². The van der Waals surface area contributed by atoms with E-state index in [4.69, 9.17) is 0 Å². The fourth-order valence-electron chi connectivity index (χ4n) is 4.52. The van der Waals surface area contributed by atoms with E-state index in [2.05, 4.69) is 19.2 Å². The average molecular weight is 316 g/mol. The molecule has 2 atom stereocenters.